The standard InChI is InChI=1S/C22H28ClNO5.C6H5Cl/c1-4-19(14-29-13-16-5-10-21(27-2)22(11-16)28-3)24(15-26)20(12-25)17-6-8-18(23)9-7-17;7-6-4-2-1-3-5-6/h5-11,15,19-20,25H,4,12-14H2,1-3H3;1-5H/t19-,20-;/m0./s1. The highest BCUT2D eigenvalue weighted by molar-refractivity contribution is 6.30. The Labute approximate surface area is 223 Å². The Bertz CT molecular complexity index is 1030. The SMILES string of the molecule is CC[C@@H](COCc1ccc(OC)c(OC)c1)N(C=O)[C@@H](CO)c1ccc(Cl)cc1.Clc1ccccc1. The highest BCUT2D eigenvalue weighted by Crippen LogP contribution is 2.28. The van der Waals surface area contributed by atoms with Crippen LogP contribution >= 0.6 is 23.2 Å². The van der Waals surface area contributed by atoms with Crippen LogP contribution in [0.2, 0.25) is 10.0 Å². The van der Waals surface area contributed by atoms with Gasteiger partial charge >= 0.3 is 0 Å². The number of rotatable bonds is 12. The molecule has 1 N–H and O–H groups in total. The second-order valence-corrected chi connectivity index (χ2v) is 8.74. The van der Waals surface area contributed by atoms with Crippen molar-refractivity contribution in [3.8, 4) is 11.5 Å². The Kier molecular flexibility index (Phi) is 13.1. The van der Waals surface area contributed by atoms with E-state index < -0.39 is 6.04 Å². The molecule has 0 saturated carbocycles. The van der Waals surface area contributed by atoms with E-state index in [1.807, 2.05) is 67.6 Å². The third-order valence-corrected chi connectivity index (χ3v) is 6.07. The van der Waals surface area contributed by atoms with E-state index in [9.17, 15) is 9.90 Å². The average Bonchev–Trinajstić information content (AvgIpc) is 2.91. The molecule has 1 amide bonds. The van der Waals surface area contributed by atoms with Crippen molar-refractivity contribution in [2.24, 2.45) is 0 Å². The molecule has 0 aliphatic carbocycles. The molecule has 0 bridgehead atoms. The Morgan fingerprint density at radius 1 is 0.917 bits per heavy atom. The summed E-state index contributed by atoms with van der Waals surface area (Å²) in [6, 6.07) is 21.5. The highest BCUT2D eigenvalue weighted by Gasteiger charge is 2.25. The summed E-state index contributed by atoms with van der Waals surface area (Å²) < 4.78 is 16.4. The van der Waals surface area contributed by atoms with Gasteiger partial charge in [-0.25, -0.2) is 0 Å². The van der Waals surface area contributed by atoms with Crippen molar-refractivity contribution >= 4 is 29.6 Å². The van der Waals surface area contributed by atoms with Crippen molar-refractivity contribution < 1.29 is 24.1 Å². The zero-order chi connectivity index (χ0) is 26.3. The topological polar surface area (TPSA) is 68.2 Å². The van der Waals surface area contributed by atoms with Crippen LogP contribution in [0.1, 0.15) is 30.5 Å². The molecule has 0 radical (unpaired) electrons. The number of benzene rings is 3. The van der Waals surface area contributed by atoms with Crippen molar-refractivity contribution in [1.29, 1.82) is 0 Å². The fourth-order valence-corrected chi connectivity index (χ4v) is 3.85. The number of carbonyl (C=O) groups excluding carboxylic acids is 1. The van der Waals surface area contributed by atoms with Crippen LogP contribution in [0.25, 0.3) is 0 Å². The molecule has 0 aromatic heterocycles. The number of aliphatic hydroxyl groups is 1. The zero-order valence-electron chi connectivity index (χ0n) is 20.8. The second-order valence-electron chi connectivity index (χ2n) is 7.86. The molecule has 3 rings (SSSR count). The Morgan fingerprint density at radius 2 is 1.56 bits per heavy atom. The number of aliphatic hydroxyl groups excluding tert-OH is 1. The summed E-state index contributed by atoms with van der Waals surface area (Å²) in [4.78, 5) is 13.4. The number of hydrogen-bond donors (Lipinski definition) is 1. The van der Waals surface area contributed by atoms with Gasteiger partial charge in [0.25, 0.3) is 0 Å². The van der Waals surface area contributed by atoms with E-state index in [1.54, 1.807) is 31.3 Å². The van der Waals surface area contributed by atoms with Gasteiger partial charge in [0, 0.05) is 10.0 Å². The fraction of sp³-hybridized carbons (Fsp3) is 0.321. The number of methoxy groups -OCH3 is 2. The lowest BCUT2D eigenvalue weighted by Crippen LogP contribution is -2.41. The van der Waals surface area contributed by atoms with Gasteiger partial charge in [-0.2, -0.15) is 0 Å². The number of hydrogen-bond acceptors (Lipinski definition) is 5. The molecular formula is C28H33Cl2NO5. The van der Waals surface area contributed by atoms with Crippen LogP contribution < -0.4 is 9.47 Å². The van der Waals surface area contributed by atoms with Gasteiger partial charge < -0.3 is 24.2 Å². The molecule has 3 aromatic carbocycles. The second kappa shape index (κ2) is 16.1. The van der Waals surface area contributed by atoms with E-state index in [0.29, 0.717) is 36.2 Å². The Balaban J connectivity index is 0.000000558. The van der Waals surface area contributed by atoms with Gasteiger partial charge in [-0.1, -0.05) is 66.5 Å². The van der Waals surface area contributed by atoms with Crippen LogP contribution in [0.3, 0.4) is 0 Å². The largest absolute Gasteiger partial charge is 0.493 e. The third-order valence-electron chi connectivity index (χ3n) is 5.56. The van der Waals surface area contributed by atoms with Crippen molar-refractivity contribution in [3.05, 3.63) is 94.0 Å². The summed E-state index contributed by atoms with van der Waals surface area (Å²) in [6.45, 7) is 2.51. The lowest BCUT2D eigenvalue weighted by Gasteiger charge is -2.34. The maximum Gasteiger partial charge on any atom is 0.210 e. The van der Waals surface area contributed by atoms with E-state index in [0.717, 1.165) is 22.6 Å². The molecular weight excluding hydrogens is 501 g/mol. The van der Waals surface area contributed by atoms with Crippen molar-refractivity contribution in [3.63, 3.8) is 0 Å². The van der Waals surface area contributed by atoms with Crippen LogP contribution in [0.15, 0.2) is 72.8 Å². The Morgan fingerprint density at radius 3 is 2.06 bits per heavy atom. The predicted octanol–water partition coefficient (Wildman–Crippen LogP) is 6.18. The zero-order valence-corrected chi connectivity index (χ0v) is 22.3. The molecule has 0 saturated heterocycles. The number of carbonyl (C=O) groups is 1. The lowest BCUT2D eigenvalue weighted by molar-refractivity contribution is -0.126. The molecule has 8 heteroatoms. The minimum Gasteiger partial charge on any atom is -0.493 e. The molecule has 0 aliphatic rings. The minimum atomic E-state index is -0.459. The molecule has 3 aromatic rings. The number of halogens is 2. The van der Waals surface area contributed by atoms with Gasteiger partial charge in [-0.15, -0.1) is 0 Å². The van der Waals surface area contributed by atoms with Crippen LogP contribution in [0, 0.1) is 0 Å². The molecule has 0 heterocycles. The minimum absolute atomic E-state index is 0.180. The first-order valence-electron chi connectivity index (χ1n) is 11.6. The summed E-state index contributed by atoms with van der Waals surface area (Å²) in [5.74, 6) is 1.29. The summed E-state index contributed by atoms with van der Waals surface area (Å²) >= 11 is 11.5. The normalized spacial score (nSPS) is 12.1. The van der Waals surface area contributed by atoms with Gasteiger partial charge in [-0.05, 0) is 53.9 Å². The molecule has 0 aliphatic heterocycles. The van der Waals surface area contributed by atoms with Crippen LogP contribution in [0.5, 0.6) is 11.5 Å². The lowest BCUT2D eigenvalue weighted by atomic mass is 10.0. The third kappa shape index (κ3) is 9.03. The van der Waals surface area contributed by atoms with Crippen molar-refractivity contribution in [2.75, 3.05) is 27.4 Å². The first-order valence-corrected chi connectivity index (χ1v) is 12.3. The van der Waals surface area contributed by atoms with Crippen LogP contribution in [-0.4, -0.2) is 49.9 Å². The van der Waals surface area contributed by atoms with E-state index in [-0.39, 0.29) is 12.6 Å². The summed E-state index contributed by atoms with van der Waals surface area (Å²) in [5, 5.41) is 11.3. The van der Waals surface area contributed by atoms with E-state index >= 15 is 0 Å². The van der Waals surface area contributed by atoms with Gasteiger partial charge in [0.1, 0.15) is 0 Å². The predicted molar refractivity (Wildman–Crippen MR) is 144 cm³/mol. The van der Waals surface area contributed by atoms with E-state index in [2.05, 4.69) is 0 Å². The van der Waals surface area contributed by atoms with E-state index in [1.165, 1.54) is 0 Å². The van der Waals surface area contributed by atoms with Gasteiger partial charge in [0.15, 0.2) is 11.5 Å². The van der Waals surface area contributed by atoms with Gasteiger partial charge in [-0.3, -0.25) is 4.79 Å². The molecule has 0 spiro atoms. The fourth-order valence-electron chi connectivity index (χ4n) is 3.58. The molecule has 194 valence electrons. The molecule has 6 nitrogen and oxygen atoms in total. The number of nitrogens with zero attached hydrogens (tertiary/aromatic N) is 1. The first-order chi connectivity index (χ1) is 17.5. The average molecular weight is 534 g/mol. The maximum absolute atomic E-state index is 11.8. The number of ether oxygens (including phenoxy) is 3. The van der Waals surface area contributed by atoms with Crippen LogP contribution in [-0.2, 0) is 16.1 Å². The summed E-state index contributed by atoms with van der Waals surface area (Å²) in [7, 11) is 3.18. The monoisotopic (exact) mass is 533 g/mol. The van der Waals surface area contributed by atoms with Crippen molar-refractivity contribution in [1.82, 2.24) is 4.90 Å². The van der Waals surface area contributed by atoms with E-state index in [4.69, 9.17) is 37.4 Å². The molecule has 0 unspecified atom stereocenters. The molecule has 36 heavy (non-hydrogen) atoms. The van der Waals surface area contributed by atoms with Gasteiger partial charge in [0.2, 0.25) is 6.41 Å². The summed E-state index contributed by atoms with van der Waals surface area (Å²) in [6.07, 6.45) is 1.46. The maximum atomic E-state index is 11.8. The highest BCUT2D eigenvalue weighted by atomic mass is 35.5. The Hall–Kier alpha value is -2.77. The number of amides is 1. The van der Waals surface area contributed by atoms with Crippen molar-refractivity contribution in [2.45, 2.75) is 32.0 Å². The smallest absolute Gasteiger partial charge is 0.210 e. The van der Waals surface area contributed by atoms with Gasteiger partial charge in [0.05, 0.1) is 46.1 Å². The molecule has 0 fully saturated rings. The quantitative estimate of drug-likeness (QED) is 0.281. The summed E-state index contributed by atoms with van der Waals surface area (Å²) in [5.41, 5.74) is 1.76. The molecule has 2 atom stereocenters. The van der Waals surface area contributed by atoms with Crippen LogP contribution in [0.4, 0.5) is 0 Å². The first kappa shape index (κ1) is 29.5.